The van der Waals surface area contributed by atoms with Gasteiger partial charge in [-0.2, -0.15) is 8.78 Å². The molecule has 21 heavy (non-hydrogen) atoms. The molecule has 0 aromatic heterocycles. The number of nitrogens with two attached hydrogens (primary N) is 1. The topological polar surface area (TPSA) is 63.4 Å². The number of sulfone groups is 1. The van der Waals surface area contributed by atoms with Crippen LogP contribution in [0.4, 0.5) is 14.5 Å². The summed E-state index contributed by atoms with van der Waals surface area (Å²) in [5.74, 6) is -2.97. The van der Waals surface area contributed by atoms with Gasteiger partial charge in [0.25, 0.3) is 0 Å². The van der Waals surface area contributed by atoms with Gasteiger partial charge in [0.1, 0.15) is 0 Å². The number of hydrogen-bond donors (Lipinski definition) is 1. The predicted molar refractivity (Wildman–Crippen MR) is 80.4 cm³/mol. The van der Waals surface area contributed by atoms with Crippen LogP contribution in [-0.4, -0.2) is 33.8 Å². The molecule has 0 unspecified atom stereocenters. The predicted octanol–water partition coefficient (Wildman–Crippen LogP) is 2.49. The molecular weight excluding hydrogens is 298 g/mol. The van der Waals surface area contributed by atoms with Crippen LogP contribution >= 0.6 is 0 Å². The van der Waals surface area contributed by atoms with Gasteiger partial charge in [0.05, 0.1) is 4.90 Å². The lowest BCUT2D eigenvalue weighted by atomic mass is 10.1. The lowest BCUT2D eigenvalue weighted by molar-refractivity contribution is 0.234. The molecule has 4 nitrogen and oxygen atoms in total. The second-order valence-electron chi connectivity index (χ2n) is 5.28. The van der Waals surface area contributed by atoms with E-state index in [1.807, 2.05) is 0 Å². The number of halogens is 2. The number of alkyl halides is 2. The summed E-state index contributed by atoms with van der Waals surface area (Å²) in [5, 5.41) is 0. The van der Waals surface area contributed by atoms with Crippen LogP contribution < -0.4 is 10.6 Å². The van der Waals surface area contributed by atoms with Crippen molar-refractivity contribution >= 4 is 15.5 Å². The average Bonchev–Trinajstić information content (AvgIpc) is 2.43. The number of benzene rings is 1. The Morgan fingerprint density at radius 3 is 2.19 bits per heavy atom. The van der Waals surface area contributed by atoms with Gasteiger partial charge in [-0.15, -0.1) is 0 Å². The van der Waals surface area contributed by atoms with E-state index in [1.54, 1.807) is 12.1 Å². The Kier molecular flexibility index (Phi) is 6.54. The molecule has 2 N–H and O–H groups in total. The third kappa shape index (κ3) is 4.93. The molecule has 1 aromatic carbocycles. The molecule has 0 aliphatic carbocycles. The standard InChI is InChI=1S/C14H22F2N2O2S/c1-11(2)10-18(9-3-8-17)12-4-6-13(7-5-12)21(19,20)14(15)16/h4-7,11,14H,3,8-10,17H2,1-2H3. The number of anilines is 1. The van der Waals surface area contributed by atoms with Crippen LogP contribution in [0.1, 0.15) is 20.3 Å². The van der Waals surface area contributed by atoms with Gasteiger partial charge in [0.15, 0.2) is 0 Å². The Hall–Kier alpha value is -1.21. The quantitative estimate of drug-likeness (QED) is 0.799. The van der Waals surface area contributed by atoms with E-state index >= 15 is 0 Å². The summed E-state index contributed by atoms with van der Waals surface area (Å²) in [6, 6.07) is 5.58. The molecule has 1 rings (SSSR count). The molecule has 0 atom stereocenters. The maximum Gasteiger partial charge on any atom is 0.341 e. The molecule has 0 aliphatic rings. The van der Waals surface area contributed by atoms with Crippen molar-refractivity contribution in [2.24, 2.45) is 11.7 Å². The molecule has 0 spiro atoms. The summed E-state index contributed by atoms with van der Waals surface area (Å²) in [5.41, 5.74) is 6.32. The van der Waals surface area contributed by atoms with Gasteiger partial charge >= 0.3 is 5.76 Å². The summed E-state index contributed by atoms with van der Waals surface area (Å²) in [6.07, 6.45) is 0.809. The second kappa shape index (κ2) is 7.70. The van der Waals surface area contributed by atoms with Gasteiger partial charge < -0.3 is 10.6 Å². The summed E-state index contributed by atoms with van der Waals surface area (Å²) in [7, 11) is -4.53. The highest BCUT2D eigenvalue weighted by atomic mass is 32.2. The summed E-state index contributed by atoms with van der Waals surface area (Å²) < 4.78 is 47.7. The molecule has 120 valence electrons. The lowest BCUT2D eigenvalue weighted by Gasteiger charge is -2.26. The van der Waals surface area contributed by atoms with E-state index in [0.717, 1.165) is 25.2 Å². The minimum absolute atomic E-state index is 0.357. The van der Waals surface area contributed by atoms with Crippen LogP contribution in [0.25, 0.3) is 0 Å². The largest absolute Gasteiger partial charge is 0.371 e. The van der Waals surface area contributed by atoms with Crippen molar-refractivity contribution in [1.82, 2.24) is 0 Å². The fourth-order valence-electron chi connectivity index (χ4n) is 2.00. The van der Waals surface area contributed by atoms with Gasteiger partial charge in [-0.25, -0.2) is 8.42 Å². The van der Waals surface area contributed by atoms with Gasteiger partial charge in [-0.1, -0.05) is 13.8 Å². The molecule has 0 amide bonds. The number of nitrogens with zero attached hydrogens (tertiary/aromatic N) is 1. The van der Waals surface area contributed by atoms with E-state index in [2.05, 4.69) is 18.7 Å². The molecular formula is C14H22F2N2O2S. The zero-order valence-corrected chi connectivity index (χ0v) is 13.1. The van der Waals surface area contributed by atoms with Crippen LogP contribution in [0.2, 0.25) is 0 Å². The Morgan fingerprint density at radius 2 is 1.76 bits per heavy atom. The average molecular weight is 320 g/mol. The highest BCUT2D eigenvalue weighted by Gasteiger charge is 2.26. The first-order valence-corrected chi connectivity index (χ1v) is 8.40. The van der Waals surface area contributed by atoms with Crippen molar-refractivity contribution in [3.63, 3.8) is 0 Å². The smallest absolute Gasteiger partial charge is 0.341 e. The Labute approximate surface area is 124 Å². The molecule has 0 heterocycles. The minimum Gasteiger partial charge on any atom is -0.371 e. The molecule has 1 aromatic rings. The van der Waals surface area contributed by atoms with Crippen molar-refractivity contribution in [2.45, 2.75) is 30.9 Å². The minimum atomic E-state index is -4.53. The fraction of sp³-hybridized carbons (Fsp3) is 0.571. The Bertz CT molecular complexity index is 530. The van der Waals surface area contributed by atoms with Crippen molar-refractivity contribution in [3.8, 4) is 0 Å². The summed E-state index contributed by atoms with van der Waals surface area (Å²) in [6.45, 7) is 6.25. The van der Waals surface area contributed by atoms with Gasteiger partial charge in [0, 0.05) is 18.8 Å². The van der Waals surface area contributed by atoms with Crippen LogP contribution in [0.5, 0.6) is 0 Å². The molecule has 0 fully saturated rings. The molecule has 0 aliphatic heterocycles. The monoisotopic (exact) mass is 320 g/mol. The van der Waals surface area contributed by atoms with E-state index in [1.165, 1.54) is 12.1 Å². The van der Waals surface area contributed by atoms with Crippen LogP contribution in [0, 0.1) is 5.92 Å². The third-order valence-corrected chi connectivity index (χ3v) is 4.38. The molecule has 0 saturated heterocycles. The molecule has 0 radical (unpaired) electrons. The van der Waals surface area contributed by atoms with Crippen molar-refractivity contribution in [3.05, 3.63) is 24.3 Å². The fourth-order valence-corrected chi connectivity index (χ4v) is 2.72. The summed E-state index contributed by atoms with van der Waals surface area (Å²) in [4.78, 5) is 1.72. The first kappa shape index (κ1) is 17.8. The van der Waals surface area contributed by atoms with Crippen molar-refractivity contribution < 1.29 is 17.2 Å². The SMILES string of the molecule is CC(C)CN(CCCN)c1ccc(S(=O)(=O)C(F)F)cc1. The van der Waals surface area contributed by atoms with Crippen LogP contribution in [-0.2, 0) is 9.84 Å². The van der Waals surface area contributed by atoms with E-state index in [9.17, 15) is 17.2 Å². The third-order valence-electron chi connectivity index (χ3n) is 2.98. The maximum absolute atomic E-state index is 12.5. The van der Waals surface area contributed by atoms with Crippen molar-refractivity contribution in [1.29, 1.82) is 0 Å². The maximum atomic E-state index is 12.5. The second-order valence-corrected chi connectivity index (χ2v) is 7.20. The number of rotatable bonds is 8. The normalized spacial score (nSPS) is 12.1. The van der Waals surface area contributed by atoms with E-state index in [4.69, 9.17) is 5.73 Å². The molecule has 0 bridgehead atoms. The van der Waals surface area contributed by atoms with E-state index in [0.29, 0.717) is 12.5 Å². The lowest BCUT2D eigenvalue weighted by Crippen LogP contribution is -2.30. The van der Waals surface area contributed by atoms with E-state index in [-0.39, 0.29) is 4.90 Å². The Balaban J connectivity index is 2.97. The van der Waals surface area contributed by atoms with Gasteiger partial charge in [0.2, 0.25) is 9.84 Å². The Morgan fingerprint density at radius 1 is 1.19 bits per heavy atom. The highest BCUT2D eigenvalue weighted by Crippen LogP contribution is 2.23. The first-order chi connectivity index (χ1) is 9.78. The van der Waals surface area contributed by atoms with Gasteiger partial charge in [-0.05, 0) is 43.1 Å². The number of hydrogen-bond acceptors (Lipinski definition) is 4. The zero-order valence-electron chi connectivity index (χ0n) is 12.3. The van der Waals surface area contributed by atoms with Crippen LogP contribution in [0.3, 0.4) is 0 Å². The zero-order chi connectivity index (χ0) is 16.0. The molecule has 0 saturated carbocycles. The first-order valence-electron chi connectivity index (χ1n) is 6.86. The van der Waals surface area contributed by atoms with Gasteiger partial charge in [-0.3, -0.25) is 0 Å². The van der Waals surface area contributed by atoms with E-state index < -0.39 is 15.6 Å². The molecule has 7 heteroatoms. The van der Waals surface area contributed by atoms with Crippen molar-refractivity contribution in [2.75, 3.05) is 24.5 Å². The van der Waals surface area contributed by atoms with Crippen LogP contribution in [0.15, 0.2) is 29.2 Å². The summed E-state index contributed by atoms with van der Waals surface area (Å²) >= 11 is 0. The highest BCUT2D eigenvalue weighted by molar-refractivity contribution is 7.91.